The number of thiophene rings is 1. The van der Waals surface area contributed by atoms with Gasteiger partial charge in [0, 0.05) is 6.42 Å². The molecule has 9 heteroatoms. The fraction of sp³-hybridized carbons (Fsp3) is 0.333. The third kappa shape index (κ3) is 2.10. The van der Waals surface area contributed by atoms with Crippen molar-refractivity contribution in [3.8, 4) is 11.5 Å². The van der Waals surface area contributed by atoms with Crippen molar-refractivity contribution in [1.29, 1.82) is 0 Å². The predicted molar refractivity (Wildman–Crippen MR) is 63.2 cm³/mol. The minimum absolute atomic E-state index is 0.188. The van der Waals surface area contributed by atoms with Crippen LogP contribution in [0.3, 0.4) is 0 Å². The van der Waals surface area contributed by atoms with Crippen molar-refractivity contribution in [2.24, 2.45) is 11.7 Å². The summed E-state index contributed by atoms with van der Waals surface area (Å²) in [6, 6.07) is 0. The van der Waals surface area contributed by atoms with Gasteiger partial charge in [0.05, 0.1) is 13.2 Å². The van der Waals surface area contributed by atoms with Gasteiger partial charge in [-0.05, 0) is 0 Å². The average Bonchev–Trinajstić information content (AvgIpc) is 2.59. The Morgan fingerprint density at radius 1 is 1.00 bits per heavy atom. The summed E-state index contributed by atoms with van der Waals surface area (Å²) >= 11 is 0.916. The maximum atomic E-state index is 11.6. The number of nitrogens with two attached hydrogens (primary N) is 2. The molecule has 0 radical (unpaired) electrons. The average molecular weight is 272 g/mol. The lowest BCUT2D eigenvalue weighted by atomic mass is 10.3. The SMILES string of the molecule is NNC(=O)c1sc(C(=O)NN)c2c1OCCCO2. The number of hydrogen-bond donors (Lipinski definition) is 4. The van der Waals surface area contributed by atoms with Gasteiger partial charge >= 0.3 is 0 Å². The molecule has 1 aromatic rings. The molecule has 0 saturated carbocycles. The molecule has 2 heterocycles. The highest BCUT2D eigenvalue weighted by molar-refractivity contribution is 7.16. The van der Waals surface area contributed by atoms with Crippen LogP contribution >= 0.6 is 11.3 Å². The van der Waals surface area contributed by atoms with Crippen LogP contribution in [0.1, 0.15) is 25.8 Å². The molecule has 1 aliphatic heterocycles. The lowest BCUT2D eigenvalue weighted by Gasteiger charge is -2.04. The van der Waals surface area contributed by atoms with Crippen LogP contribution < -0.4 is 32.0 Å². The summed E-state index contributed by atoms with van der Waals surface area (Å²) in [5, 5.41) is 0. The van der Waals surface area contributed by atoms with Crippen molar-refractivity contribution in [3.63, 3.8) is 0 Å². The first-order valence-electron chi connectivity index (χ1n) is 5.13. The first-order chi connectivity index (χ1) is 8.69. The molecule has 0 saturated heterocycles. The summed E-state index contributed by atoms with van der Waals surface area (Å²) in [4.78, 5) is 23.6. The molecule has 98 valence electrons. The normalized spacial score (nSPS) is 13.7. The number of amides is 2. The van der Waals surface area contributed by atoms with Gasteiger partial charge in [-0.25, -0.2) is 11.7 Å². The number of carbonyl (C=O) groups excluding carboxylic acids is 2. The first kappa shape index (κ1) is 12.6. The third-order valence-corrected chi connectivity index (χ3v) is 3.43. The summed E-state index contributed by atoms with van der Waals surface area (Å²) in [5.74, 6) is 9.54. The van der Waals surface area contributed by atoms with Crippen LogP contribution in [0.2, 0.25) is 0 Å². The van der Waals surface area contributed by atoms with Crippen LogP contribution in [0.5, 0.6) is 11.5 Å². The third-order valence-electron chi connectivity index (χ3n) is 2.28. The van der Waals surface area contributed by atoms with Gasteiger partial charge in [-0.2, -0.15) is 0 Å². The zero-order valence-corrected chi connectivity index (χ0v) is 10.1. The molecule has 18 heavy (non-hydrogen) atoms. The maximum absolute atomic E-state index is 11.6. The Bertz CT molecular complexity index is 447. The van der Waals surface area contributed by atoms with Crippen LogP contribution in [0.25, 0.3) is 0 Å². The maximum Gasteiger partial charge on any atom is 0.279 e. The van der Waals surface area contributed by atoms with Crippen LogP contribution in [-0.4, -0.2) is 25.0 Å². The zero-order valence-electron chi connectivity index (χ0n) is 9.32. The first-order valence-corrected chi connectivity index (χ1v) is 5.95. The second-order valence-corrected chi connectivity index (χ2v) is 4.44. The van der Waals surface area contributed by atoms with Crippen LogP contribution in [0.15, 0.2) is 0 Å². The van der Waals surface area contributed by atoms with E-state index in [1.54, 1.807) is 0 Å². The van der Waals surface area contributed by atoms with Crippen molar-refractivity contribution in [2.45, 2.75) is 6.42 Å². The van der Waals surface area contributed by atoms with E-state index in [-0.39, 0.29) is 21.3 Å². The van der Waals surface area contributed by atoms with Gasteiger partial charge in [-0.1, -0.05) is 0 Å². The molecule has 2 rings (SSSR count). The summed E-state index contributed by atoms with van der Waals surface area (Å²) in [6.07, 6.45) is 0.659. The van der Waals surface area contributed by atoms with E-state index >= 15 is 0 Å². The second kappa shape index (κ2) is 5.21. The van der Waals surface area contributed by atoms with Crippen LogP contribution in [0, 0.1) is 0 Å². The van der Waals surface area contributed by atoms with Crippen molar-refractivity contribution in [2.75, 3.05) is 13.2 Å². The Morgan fingerprint density at radius 2 is 1.44 bits per heavy atom. The molecule has 2 amide bonds. The van der Waals surface area contributed by atoms with Crippen LogP contribution in [0.4, 0.5) is 0 Å². The van der Waals surface area contributed by atoms with Gasteiger partial charge in [0.15, 0.2) is 11.5 Å². The molecule has 8 nitrogen and oxygen atoms in total. The minimum Gasteiger partial charge on any atom is -0.488 e. The molecule has 1 aliphatic rings. The van der Waals surface area contributed by atoms with E-state index < -0.39 is 11.8 Å². The molecular formula is C9H12N4O4S. The number of nitrogen functional groups attached to an aromatic ring is 2. The number of hydrogen-bond acceptors (Lipinski definition) is 7. The Morgan fingerprint density at radius 3 is 1.83 bits per heavy atom. The van der Waals surface area contributed by atoms with E-state index in [4.69, 9.17) is 21.2 Å². The Labute approximate surface area is 106 Å². The predicted octanol–water partition coefficient (Wildman–Crippen LogP) is -0.884. The van der Waals surface area contributed by atoms with Gasteiger partial charge < -0.3 is 9.47 Å². The molecule has 0 bridgehead atoms. The summed E-state index contributed by atoms with van der Waals surface area (Å²) in [7, 11) is 0. The Balaban J connectivity index is 2.52. The number of nitrogens with one attached hydrogen (secondary N) is 2. The van der Waals surface area contributed by atoms with Gasteiger partial charge in [0.25, 0.3) is 11.8 Å². The number of carbonyl (C=O) groups is 2. The molecule has 1 aromatic heterocycles. The molecule has 6 N–H and O–H groups in total. The molecule has 0 unspecified atom stereocenters. The van der Waals surface area contributed by atoms with Crippen molar-refractivity contribution in [3.05, 3.63) is 9.75 Å². The second-order valence-electron chi connectivity index (χ2n) is 3.42. The standard InChI is InChI=1S/C9H12N4O4S/c10-12-8(14)6-4-5(17-3-1-2-16-4)7(18-6)9(15)13-11/h1-3,10-11H2,(H,12,14)(H,13,15). The smallest absolute Gasteiger partial charge is 0.279 e. The fourth-order valence-corrected chi connectivity index (χ4v) is 2.50. The molecule has 0 aromatic carbocycles. The Kier molecular flexibility index (Phi) is 3.65. The van der Waals surface area contributed by atoms with Gasteiger partial charge in [-0.3, -0.25) is 20.4 Å². The molecule has 0 fully saturated rings. The van der Waals surface area contributed by atoms with Crippen molar-refractivity contribution < 1.29 is 19.1 Å². The van der Waals surface area contributed by atoms with E-state index in [1.807, 2.05) is 10.9 Å². The summed E-state index contributed by atoms with van der Waals surface area (Å²) < 4.78 is 10.9. The summed E-state index contributed by atoms with van der Waals surface area (Å²) in [6.45, 7) is 0.802. The largest absolute Gasteiger partial charge is 0.488 e. The number of rotatable bonds is 2. The van der Waals surface area contributed by atoms with Gasteiger partial charge in [0.1, 0.15) is 9.75 Å². The fourth-order valence-electron chi connectivity index (χ4n) is 1.50. The zero-order chi connectivity index (χ0) is 13.1. The highest BCUT2D eigenvalue weighted by Crippen LogP contribution is 2.43. The van der Waals surface area contributed by atoms with E-state index in [2.05, 4.69) is 0 Å². The van der Waals surface area contributed by atoms with Gasteiger partial charge in [-0.15, -0.1) is 11.3 Å². The molecule has 0 atom stereocenters. The number of fused-ring (bicyclic) bond motifs is 1. The Hall–Kier alpha value is -1.84. The quantitative estimate of drug-likeness (QED) is 0.314. The topological polar surface area (TPSA) is 129 Å². The monoisotopic (exact) mass is 272 g/mol. The van der Waals surface area contributed by atoms with E-state index in [0.717, 1.165) is 11.3 Å². The molecular weight excluding hydrogens is 260 g/mol. The van der Waals surface area contributed by atoms with Crippen LogP contribution in [-0.2, 0) is 0 Å². The van der Waals surface area contributed by atoms with E-state index in [0.29, 0.717) is 19.6 Å². The minimum atomic E-state index is -0.544. The molecule has 0 spiro atoms. The van der Waals surface area contributed by atoms with E-state index in [9.17, 15) is 9.59 Å². The lowest BCUT2D eigenvalue weighted by molar-refractivity contribution is 0.0946. The van der Waals surface area contributed by atoms with Crippen molar-refractivity contribution in [1.82, 2.24) is 10.9 Å². The lowest BCUT2D eigenvalue weighted by Crippen LogP contribution is -2.30. The highest BCUT2D eigenvalue weighted by atomic mass is 32.1. The number of hydrazine groups is 2. The highest BCUT2D eigenvalue weighted by Gasteiger charge is 2.29. The summed E-state index contributed by atoms with van der Waals surface area (Å²) in [5.41, 5.74) is 3.99. The molecule has 0 aliphatic carbocycles. The van der Waals surface area contributed by atoms with Crippen molar-refractivity contribution >= 4 is 23.2 Å². The number of ether oxygens (including phenoxy) is 2. The van der Waals surface area contributed by atoms with Gasteiger partial charge in [0.2, 0.25) is 0 Å². The van der Waals surface area contributed by atoms with E-state index in [1.165, 1.54) is 0 Å².